The number of aliphatic hydroxyl groups is 1. The van der Waals surface area contributed by atoms with Crippen LogP contribution in [0.2, 0.25) is 0 Å². The third kappa shape index (κ3) is 3.91. The van der Waals surface area contributed by atoms with Crippen LogP contribution >= 0.6 is 0 Å². The van der Waals surface area contributed by atoms with E-state index in [0.29, 0.717) is 12.1 Å². The summed E-state index contributed by atoms with van der Waals surface area (Å²) in [6, 6.07) is 3.05. The van der Waals surface area contributed by atoms with Crippen LogP contribution in [0, 0.1) is 11.6 Å². The number of rotatable bonds is 5. The molecule has 1 aromatic carbocycles. The van der Waals surface area contributed by atoms with Gasteiger partial charge in [-0.1, -0.05) is 6.07 Å². The van der Waals surface area contributed by atoms with Crippen molar-refractivity contribution < 1.29 is 13.9 Å². The molecule has 0 saturated carbocycles. The molecule has 15 heavy (non-hydrogen) atoms. The summed E-state index contributed by atoms with van der Waals surface area (Å²) in [5.41, 5.74) is 5.81. The van der Waals surface area contributed by atoms with E-state index >= 15 is 0 Å². The van der Waals surface area contributed by atoms with Gasteiger partial charge in [0.05, 0.1) is 6.61 Å². The molecular weight excluding hydrogens is 202 g/mol. The Hall–Kier alpha value is -1.04. The predicted molar refractivity (Wildman–Crippen MR) is 53.1 cm³/mol. The van der Waals surface area contributed by atoms with E-state index < -0.39 is 11.6 Å². The Morgan fingerprint density at radius 2 is 2.13 bits per heavy atom. The Morgan fingerprint density at radius 1 is 1.40 bits per heavy atom. The molecule has 0 amide bonds. The van der Waals surface area contributed by atoms with Crippen LogP contribution in [0.15, 0.2) is 18.2 Å². The largest absolute Gasteiger partial charge is 0.395 e. The van der Waals surface area contributed by atoms with Gasteiger partial charge in [-0.05, 0) is 6.07 Å². The van der Waals surface area contributed by atoms with E-state index in [2.05, 4.69) is 5.32 Å². The average molecular weight is 216 g/mol. The SMILES string of the molecule is NC(CO)CNCc1ccc(F)cc1F. The number of halogens is 2. The number of hydrogen-bond acceptors (Lipinski definition) is 3. The number of aliphatic hydroxyl groups excluding tert-OH is 1. The molecule has 0 heterocycles. The molecule has 0 aliphatic heterocycles. The van der Waals surface area contributed by atoms with Crippen molar-refractivity contribution in [3.8, 4) is 0 Å². The number of nitrogens with one attached hydrogen (secondary N) is 1. The van der Waals surface area contributed by atoms with Crippen LogP contribution in [0.4, 0.5) is 8.78 Å². The van der Waals surface area contributed by atoms with Crippen LogP contribution in [0.3, 0.4) is 0 Å². The Bertz CT molecular complexity index is 320. The van der Waals surface area contributed by atoms with Gasteiger partial charge < -0.3 is 16.2 Å². The van der Waals surface area contributed by atoms with Gasteiger partial charge in [-0.2, -0.15) is 0 Å². The van der Waals surface area contributed by atoms with Crippen molar-refractivity contribution in [2.45, 2.75) is 12.6 Å². The fourth-order valence-corrected chi connectivity index (χ4v) is 1.12. The van der Waals surface area contributed by atoms with E-state index in [4.69, 9.17) is 10.8 Å². The molecule has 0 aliphatic carbocycles. The number of benzene rings is 1. The van der Waals surface area contributed by atoms with Gasteiger partial charge in [-0.25, -0.2) is 8.78 Å². The molecule has 1 rings (SSSR count). The standard InChI is InChI=1S/C10H14F2N2O/c11-8-2-1-7(10(12)3-8)4-14-5-9(13)6-15/h1-3,9,14-15H,4-6,13H2. The third-order valence-electron chi connectivity index (χ3n) is 1.97. The molecule has 1 unspecified atom stereocenters. The molecule has 0 aliphatic rings. The molecular formula is C10H14F2N2O. The summed E-state index contributed by atoms with van der Waals surface area (Å²) in [6.45, 7) is 0.520. The highest BCUT2D eigenvalue weighted by Gasteiger charge is 2.04. The summed E-state index contributed by atoms with van der Waals surface area (Å²) in [4.78, 5) is 0. The molecule has 0 saturated heterocycles. The number of hydrogen-bond donors (Lipinski definition) is 3. The lowest BCUT2D eigenvalue weighted by atomic mass is 10.2. The van der Waals surface area contributed by atoms with Gasteiger partial charge in [-0.3, -0.25) is 0 Å². The molecule has 0 bridgehead atoms. The van der Waals surface area contributed by atoms with Gasteiger partial charge in [0.2, 0.25) is 0 Å². The molecule has 1 aromatic rings. The summed E-state index contributed by atoms with van der Waals surface area (Å²) in [7, 11) is 0. The first-order valence-corrected chi connectivity index (χ1v) is 4.64. The van der Waals surface area contributed by atoms with Crippen molar-refractivity contribution in [3.63, 3.8) is 0 Å². The van der Waals surface area contributed by atoms with E-state index in [-0.39, 0.29) is 19.2 Å². The normalized spacial score (nSPS) is 12.8. The minimum Gasteiger partial charge on any atom is -0.395 e. The van der Waals surface area contributed by atoms with Crippen LogP contribution in [-0.4, -0.2) is 24.3 Å². The fraction of sp³-hybridized carbons (Fsp3) is 0.400. The van der Waals surface area contributed by atoms with E-state index in [1.807, 2.05) is 0 Å². The van der Waals surface area contributed by atoms with E-state index in [1.54, 1.807) is 0 Å². The molecule has 0 spiro atoms. The quantitative estimate of drug-likeness (QED) is 0.666. The molecule has 3 nitrogen and oxygen atoms in total. The minimum atomic E-state index is -0.594. The highest BCUT2D eigenvalue weighted by atomic mass is 19.1. The third-order valence-corrected chi connectivity index (χ3v) is 1.97. The van der Waals surface area contributed by atoms with Crippen molar-refractivity contribution in [1.82, 2.24) is 5.32 Å². The molecule has 84 valence electrons. The maximum Gasteiger partial charge on any atom is 0.130 e. The van der Waals surface area contributed by atoms with Crippen molar-refractivity contribution in [2.24, 2.45) is 5.73 Å². The minimum absolute atomic E-state index is 0.126. The second-order valence-corrected chi connectivity index (χ2v) is 3.31. The Labute approximate surface area is 86.9 Å². The second kappa shape index (κ2) is 5.75. The summed E-state index contributed by atoms with van der Waals surface area (Å²) in [5.74, 6) is -1.18. The van der Waals surface area contributed by atoms with Gasteiger partial charge in [0.25, 0.3) is 0 Å². The van der Waals surface area contributed by atoms with Crippen LogP contribution < -0.4 is 11.1 Å². The first kappa shape index (κ1) is 12.0. The lowest BCUT2D eigenvalue weighted by Gasteiger charge is -2.10. The zero-order valence-electron chi connectivity index (χ0n) is 8.21. The van der Waals surface area contributed by atoms with Gasteiger partial charge in [0.1, 0.15) is 11.6 Å². The average Bonchev–Trinajstić information content (AvgIpc) is 2.21. The Kier molecular flexibility index (Phi) is 4.61. The van der Waals surface area contributed by atoms with Crippen molar-refractivity contribution in [1.29, 1.82) is 0 Å². The first-order valence-electron chi connectivity index (χ1n) is 4.64. The molecule has 4 N–H and O–H groups in total. The molecule has 5 heteroatoms. The predicted octanol–water partition coefficient (Wildman–Crippen LogP) is 0.374. The monoisotopic (exact) mass is 216 g/mol. The van der Waals surface area contributed by atoms with Gasteiger partial charge in [0.15, 0.2) is 0 Å². The Balaban J connectivity index is 2.44. The maximum atomic E-state index is 13.1. The fourth-order valence-electron chi connectivity index (χ4n) is 1.12. The van der Waals surface area contributed by atoms with Crippen molar-refractivity contribution in [3.05, 3.63) is 35.4 Å². The zero-order chi connectivity index (χ0) is 11.3. The first-order chi connectivity index (χ1) is 7.13. The second-order valence-electron chi connectivity index (χ2n) is 3.31. The summed E-state index contributed by atoms with van der Waals surface area (Å²) in [5, 5.41) is 11.5. The van der Waals surface area contributed by atoms with Crippen LogP contribution in [0.5, 0.6) is 0 Å². The van der Waals surface area contributed by atoms with Crippen molar-refractivity contribution >= 4 is 0 Å². The maximum absolute atomic E-state index is 13.1. The topological polar surface area (TPSA) is 58.3 Å². The highest BCUT2D eigenvalue weighted by Crippen LogP contribution is 2.08. The van der Waals surface area contributed by atoms with Crippen molar-refractivity contribution in [2.75, 3.05) is 13.2 Å². The molecule has 0 fully saturated rings. The zero-order valence-corrected chi connectivity index (χ0v) is 8.21. The highest BCUT2D eigenvalue weighted by molar-refractivity contribution is 5.18. The smallest absolute Gasteiger partial charge is 0.130 e. The lowest BCUT2D eigenvalue weighted by molar-refractivity contribution is 0.262. The lowest BCUT2D eigenvalue weighted by Crippen LogP contribution is -2.36. The summed E-state index contributed by atoms with van der Waals surface area (Å²) >= 11 is 0. The summed E-state index contributed by atoms with van der Waals surface area (Å²) < 4.78 is 25.6. The molecule has 0 aromatic heterocycles. The van der Waals surface area contributed by atoms with Gasteiger partial charge in [-0.15, -0.1) is 0 Å². The number of nitrogens with two attached hydrogens (primary N) is 1. The van der Waals surface area contributed by atoms with Crippen LogP contribution in [-0.2, 0) is 6.54 Å². The van der Waals surface area contributed by atoms with E-state index in [9.17, 15) is 8.78 Å². The van der Waals surface area contributed by atoms with Crippen LogP contribution in [0.1, 0.15) is 5.56 Å². The van der Waals surface area contributed by atoms with Crippen LogP contribution in [0.25, 0.3) is 0 Å². The Morgan fingerprint density at radius 3 is 2.73 bits per heavy atom. The van der Waals surface area contributed by atoms with Gasteiger partial charge in [0, 0.05) is 30.8 Å². The summed E-state index contributed by atoms with van der Waals surface area (Å²) in [6.07, 6.45) is 0. The van der Waals surface area contributed by atoms with Gasteiger partial charge >= 0.3 is 0 Å². The van der Waals surface area contributed by atoms with E-state index in [0.717, 1.165) is 6.07 Å². The molecule has 1 atom stereocenters. The molecule has 0 radical (unpaired) electrons. The van der Waals surface area contributed by atoms with E-state index in [1.165, 1.54) is 12.1 Å².